The highest BCUT2D eigenvalue weighted by Gasteiger charge is 2.16. The maximum atomic E-state index is 6.18. The van der Waals surface area contributed by atoms with Gasteiger partial charge in [-0.1, -0.05) is 36.4 Å². The number of rotatable bonds is 4. The number of anilines is 1. The second-order valence-corrected chi connectivity index (χ2v) is 6.53. The van der Waals surface area contributed by atoms with Crippen LogP contribution in [0.1, 0.15) is 0 Å². The van der Waals surface area contributed by atoms with Gasteiger partial charge in [-0.25, -0.2) is 0 Å². The van der Waals surface area contributed by atoms with Crippen LogP contribution in [-0.2, 0) is 0 Å². The number of nitrogens with two attached hydrogens (primary N) is 1. The van der Waals surface area contributed by atoms with E-state index in [1.807, 2.05) is 79.0 Å². The number of nitrogen functional groups attached to an aromatic ring is 1. The van der Waals surface area contributed by atoms with E-state index in [0.717, 1.165) is 44.9 Å². The number of nitrogens with zero attached hydrogens (tertiary/aromatic N) is 3. The molecule has 0 radical (unpaired) electrons. The van der Waals surface area contributed by atoms with Crippen LogP contribution in [0.15, 0.2) is 85.2 Å². The Bertz CT molecular complexity index is 1270. The van der Waals surface area contributed by atoms with E-state index in [1.165, 1.54) is 0 Å². The Labute approximate surface area is 167 Å². The predicted octanol–water partition coefficient (Wildman–Crippen LogP) is 5.06. The van der Waals surface area contributed by atoms with Gasteiger partial charge in [-0.2, -0.15) is 5.10 Å². The van der Waals surface area contributed by atoms with E-state index in [1.54, 1.807) is 6.20 Å². The van der Waals surface area contributed by atoms with Gasteiger partial charge in [0.05, 0.1) is 16.6 Å². The molecule has 0 spiro atoms. The van der Waals surface area contributed by atoms with E-state index in [2.05, 4.69) is 20.2 Å². The molecule has 3 heterocycles. The van der Waals surface area contributed by atoms with Crippen LogP contribution in [0.5, 0.6) is 11.5 Å². The molecular formula is C23H17N5O. The largest absolute Gasteiger partial charge is 0.457 e. The molecule has 0 bridgehead atoms. The summed E-state index contributed by atoms with van der Waals surface area (Å²) >= 11 is 0. The van der Waals surface area contributed by atoms with Crippen LogP contribution in [-0.4, -0.2) is 20.2 Å². The minimum Gasteiger partial charge on any atom is -0.457 e. The zero-order chi connectivity index (χ0) is 19.6. The number of aromatic amines is 1. The highest BCUT2D eigenvalue weighted by Crippen LogP contribution is 2.35. The van der Waals surface area contributed by atoms with Crippen LogP contribution in [0.25, 0.3) is 33.4 Å². The molecule has 0 saturated heterocycles. The lowest BCUT2D eigenvalue weighted by molar-refractivity contribution is 0.483. The third kappa shape index (κ3) is 3.17. The van der Waals surface area contributed by atoms with Gasteiger partial charge in [-0.15, -0.1) is 0 Å². The van der Waals surface area contributed by atoms with Crippen molar-refractivity contribution in [2.75, 3.05) is 5.73 Å². The molecule has 140 valence electrons. The van der Waals surface area contributed by atoms with Crippen molar-refractivity contribution in [3.63, 3.8) is 0 Å². The molecule has 29 heavy (non-hydrogen) atoms. The molecule has 0 aliphatic heterocycles. The number of hydrogen-bond acceptors (Lipinski definition) is 5. The zero-order valence-corrected chi connectivity index (χ0v) is 15.4. The predicted molar refractivity (Wildman–Crippen MR) is 113 cm³/mol. The lowest BCUT2D eigenvalue weighted by Crippen LogP contribution is -1.92. The summed E-state index contributed by atoms with van der Waals surface area (Å²) in [6.45, 7) is 0. The summed E-state index contributed by atoms with van der Waals surface area (Å²) in [7, 11) is 0. The number of H-pyrrole nitrogens is 1. The van der Waals surface area contributed by atoms with Gasteiger partial charge in [0.1, 0.15) is 17.2 Å². The fourth-order valence-corrected chi connectivity index (χ4v) is 3.30. The van der Waals surface area contributed by atoms with Crippen LogP contribution in [0.4, 0.5) is 5.82 Å². The van der Waals surface area contributed by atoms with Crippen molar-refractivity contribution < 1.29 is 4.74 Å². The molecule has 6 nitrogen and oxygen atoms in total. The maximum Gasteiger partial charge on any atom is 0.153 e. The number of pyridine rings is 2. The number of hydrogen-bond donors (Lipinski definition) is 2. The van der Waals surface area contributed by atoms with Crippen molar-refractivity contribution in [2.24, 2.45) is 0 Å². The monoisotopic (exact) mass is 379 g/mol. The number of aromatic nitrogens is 4. The molecule has 2 aromatic carbocycles. The van der Waals surface area contributed by atoms with Crippen molar-refractivity contribution in [1.82, 2.24) is 20.2 Å². The lowest BCUT2D eigenvalue weighted by atomic mass is 10.0. The fourth-order valence-electron chi connectivity index (χ4n) is 3.30. The second kappa shape index (κ2) is 7.09. The van der Waals surface area contributed by atoms with Crippen LogP contribution >= 0.6 is 0 Å². The molecule has 0 atom stereocenters. The summed E-state index contributed by atoms with van der Waals surface area (Å²) in [5, 5.41) is 8.04. The van der Waals surface area contributed by atoms with E-state index >= 15 is 0 Å². The molecule has 3 N–H and O–H groups in total. The first kappa shape index (κ1) is 16.9. The standard InChI is InChI=1S/C23H17N5O/c24-23-20-18(14-26-21(22(20)27-28-23)19-8-4-5-13-25-19)15-9-11-17(12-10-15)29-16-6-2-1-3-7-16/h1-14H,(H3,24,27,28). The first-order valence-electron chi connectivity index (χ1n) is 9.17. The van der Waals surface area contributed by atoms with Gasteiger partial charge in [0, 0.05) is 18.0 Å². The smallest absolute Gasteiger partial charge is 0.153 e. The number of fused-ring (bicyclic) bond motifs is 1. The van der Waals surface area contributed by atoms with Gasteiger partial charge >= 0.3 is 0 Å². The molecule has 0 fully saturated rings. The zero-order valence-electron chi connectivity index (χ0n) is 15.4. The molecule has 0 aliphatic carbocycles. The molecular weight excluding hydrogens is 362 g/mol. The lowest BCUT2D eigenvalue weighted by Gasteiger charge is -2.09. The van der Waals surface area contributed by atoms with Crippen LogP contribution in [0, 0.1) is 0 Å². The van der Waals surface area contributed by atoms with Crippen LogP contribution < -0.4 is 10.5 Å². The second-order valence-electron chi connectivity index (χ2n) is 6.53. The average Bonchev–Trinajstić information content (AvgIpc) is 3.17. The first-order chi connectivity index (χ1) is 14.3. The Morgan fingerprint density at radius 2 is 1.55 bits per heavy atom. The molecule has 3 aromatic heterocycles. The number of nitrogens with one attached hydrogen (secondary N) is 1. The summed E-state index contributed by atoms with van der Waals surface area (Å²) in [6, 6.07) is 23.2. The Morgan fingerprint density at radius 3 is 2.31 bits per heavy atom. The van der Waals surface area contributed by atoms with Gasteiger partial charge in [0.2, 0.25) is 0 Å². The molecule has 0 saturated carbocycles. The number of benzene rings is 2. The molecule has 0 unspecified atom stereocenters. The van der Waals surface area contributed by atoms with Gasteiger partial charge in [0.25, 0.3) is 0 Å². The first-order valence-corrected chi connectivity index (χ1v) is 9.17. The number of ether oxygens (including phenoxy) is 1. The molecule has 0 amide bonds. The maximum absolute atomic E-state index is 6.18. The summed E-state index contributed by atoms with van der Waals surface area (Å²) in [4.78, 5) is 9.03. The molecule has 0 aliphatic rings. The highest BCUT2D eigenvalue weighted by atomic mass is 16.5. The van der Waals surface area contributed by atoms with Gasteiger partial charge in [-0.05, 0) is 42.0 Å². The van der Waals surface area contributed by atoms with E-state index in [-0.39, 0.29) is 0 Å². The summed E-state index contributed by atoms with van der Waals surface area (Å²) < 4.78 is 5.88. The minimum absolute atomic E-state index is 0.430. The third-order valence-electron chi connectivity index (χ3n) is 4.67. The molecule has 5 rings (SSSR count). The van der Waals surface area contributed by atoms with Crippen molar-refractivity contribution in [1.29, 1.82) is 0 Å². The van der Waals surface area contributed by atoms with E-state index in [0.29, 0.717) is 5.82 Å². The van der Waals surface area contributed by atoms with Crippen molar-refractivity contribution >= 4 is 16.7 Å². The minimum atomic E-state index is 0.430. The van der Waals surface area contributed by atoms with Gasteiger partial charge in [0.15, 0.2) is 5.82 Å². The molecule has 5 aromatic rings. The Balaban J connectivity index is 1.55. The Kier molecular flexibility index (Phi) is 4.14. The van der Waals surface area contributed by atoms with Crippen molar-refractivity contribution in [3.8, 4) is 34.0 Å². The summed E-state index contributed by atoms with van der Waals surface area (Å²) in [6.07, 6.45) is 3.55. The van der Waals surface area contributed by atoms with E-state index in [4.69, 9.17) is 10.5 Å². The molecule has 6 heteroatoms. The quantitative estimate of drug-likeness (QED) is 0.455. The topological polar surface area (TPSA) is 89.7 Å². The van der Waals surface area contributed by atoms with Crippen molar-refractivity contribution in [2.45, 2.75) is 0 Å². The normalized spacial score (nSPS) is 10.9. The highest BCUT2D eigenvalue weighted by molar-refractivity contribution is 6.06. The van der Waals surface area contributed by atoms with Crippen LogP contribution in [0.3, 0.4) is 0 Å². The Morgan fingerprint density at radius 1 is 0.793 bits per heavy atom. The van der Waals surface area contributed by atoms with Crippen molar-refractivity contribution in [3.05, 3.63) is 85.2 Å². The van der Waals surface area contributed by atoms with Gasteiger partial charge in [-0.3, -0.25) is 15.1 Å². The van der Waals surface area contributed by atoms with Crippen LogP contribution in [0.2, 0.25) is 0 Å². The number of para-hydroxylation sites is 1. The Hall–Kier alpha value is -4.19. The summed E-state index contributed by atoms with van der Waals surface area (Å²) in [5.41, 5.74) is 10.3. The third-order valence-corrected chi connectivity index (χ3v) is 4.67. The SMILES string of the molecule is Nc1n[nH]c2c(-c3ccccn3)ncc(-c3ccc(Oc4ccccc4)cc3)c12. The average molecular weight is 379 g/mol. The van der Waals surface area contributed by atoms with Gasteiger partial charge < -0.3 is 10.5 Å². The van der Waals surface area contributed by atoms with E-state index in [9.17, 15) is 0 Å². The fraction of sp³-hybridized carbons (Fsp3) is 0. The summed E-state index contributed by atoms with van der Waals surface area (Å²) in [5.74, 6) is 1.98. The van der Waals surface area contributed by atoms with E-state index < -0.39 is 0 Å².